The van der Waals surface area contributed by atoms with E-state index in [0.717, 1.165) is 31.2 Å². The highest BCUT2D eigenvalue weighted by Gasteiger charge is 2.15. The molecule has 1 aliphatic rings. The number of carbonyl (C=O) groups is 2. The predicted octanol–water partition coefficient (Wildman–Crippen LogP) is 3.80. The van der Waals surface area contributed by atoms with Crippen molar-refractivity contribution in [2.24, 2.45) is 0 Å². The van der Waals surface area contributed by atoms with E-state index < -0.39 is 5.97 Å². The van der Waals surface area contributed by atoms with Crippen LogP contribution < -0.4 is 5.32 Å². The average molecular weight is 347 g/mol. The first-order valence-electron chi connectivity index (χ1n) is 8.45. The fourth-order valence-corrected chi connectivity index (χ4v) is 3.17. The number of benzene rings is 1. The van der Waals surface area contributed by atoms with E-state index in [1.165, 1.54) is 23.8 Å². The van der Waals surface area contributed by atoms with Crippen LogP contribution in [0.25, 0.3) is 6.08 Å². The fraction of sp³-hybridized carbons (Fsp3) is 0.474. The Morgan fingerprint density at radius 1 is 1.17 bits per heavy atom. The third-order valence-electron chi connectivity index (χ3n) is 4.09. The molecule has 130 valence electrons. The van der Waals surface area contributed by atoms with Crippen LogP contribution in [0.5, 0.6) is 0 Å². The van der Waals surface area contributed by atoms with E-state index in [1.807, 2.05) is 30.5 Å². The van der Waals surface area contributed by atoms with Crippen molar-refractivity contribution < 1.29 is 14.3 Å². The standard InChI is InChI=1S/C19H25NO3S/c1-24-17-11-8-15(9-12-17)10-13-19(22)23-14-18(21)20-16-6-4-2-3-5-7-16/h8-13,16H,2-7,14H2,1H3,(H,20,21)/b13-10+. The van der Waals surface area contributed by atoms with Crippen LogP contribution in [0.2, 0.25) is 0 Å². The number of hydrogen-bond acceptors (Lipinski definition) is 4. The van der Waals surface area contributed by atoms with Crippen LogP contribution in [0.4, 0.5) is 0 Å². The summed E-state index contributed by atoms with van der Waals surface area (Å²) in [6, 6.07) is 8.10. The van der Waals surface area contributed by atoms with Crippen LogP contribution in [0.1, 0.15) is 44.1 Å². The Kier molecular flexibility index (Phi) is 7.89. The molecule has 1 amide bonds. The number of ether oxygens (including phenoxy) is 1. The maximum Gasteiger partial charge on any atom is 0.331 e. The smallest absolute Gasteiger partial charge is 0.331 e. The summed E-state index contributed by atoms with van der Waals surface area (Å²) in [6.07, 6.45) is 11.9. The molecule has 1 fully saturated rings. The maximum absolute atomic E-state index is 11.9. The van der Waals surface area contributed by atoms with E-state index in [4.69, 9.17) is 4.74 Å². The lowest BCUT2D eigenvalue weighted by Crippen LogP contribution is -2.37. The molecular formula is C19H25NO3S. The molecule has 0 radical (unpaired) electrons. The van der Waals surface area contributed by atoms with Gasteiger partial charge in [0.2, 0.25) is 0 Å². The summed E-state index contributed by atoms with van der Waals surface area (Å²) in [5.41, 5.74) is 0.924. The minimum absolute atomic E-state index is 0.215. The summed E-state index contributed by atoms with van der Waals surface area (Å²) >= 11 is 1.67. The number of thioether (sulfide) groups is 1. The molecule has 0 unspecified atom stereocenters. The second kappa shape index (κ2) is 10.2. The van der Waals surface area contributed by atoms with Crippen molar-refractivity contribution in [3.8, 4) is 0 Å². The van der Waals surface area contributed by atoms with Gasteiger partial charge in [0.15, 0.2) is 6.61 Å². The highest BCUT2D eigenvalue weighted by atomic mass is 32.2. The van der Waals surface area contributed by atoms with Crippen LogP contribution in [0.15, 0.2) is 35.2 Å². The molecule has 1 aromatic rings. The Bertz CT molecular complexity index is 560. The molecule has 1 aliphatic carbocycles. The van der Waals surface area contributed by atoms with Gasteiger partial charge in [-0.3, -0.25) is 4.79 Å². The molecule has 4 nitrogen and oxygen atoms in total. The molecule has 1 N–H and O–H groups in total. The Hall–Kier alpha value is -1.75. The van der Waals surface area contributed by atoms with E-state index in [2.05, 4.69) is 5.32 Å². The average Bonchev–Trinajstić information content (AvgIpc) is 2.87. The van der Waals surface area contributed by atoms with Gasteiger partial charge >= 0.3 is 5.97 Å². The zero-order valence-corrected chi connectivity index (χ0v) is 14.9. The molecule has 0 spiro atoms. The van der Waals surface area contributed by atoms with Gasteiger partial charge in [-0.2, -0.15) is 0 Å². The van der Waals surface area contributed by atoms with Crippen LogP contribution in [-0.2, 0) is 14.3 Å². The normalized spacial score (nSPS) is 15.9. The molecule has 0 saturated heterocycles. The van der Waals surface area contributed by atoms with Crippen molar-refractivity contribution in [2.75, 3.05) is 12.9 Å². The zero-order valence-electron chi connectivity index (χ0n) is 14.1. The van der Waals surface area contributed by atoms with E-state index in [1.54, 1.807) is 17.8 Å². The number of carbonyl (C=O) groups excluding carboxylic acids is 2. The second-order valence-electron chi connectivity index (χ2n) is 5.97. The molecule has 0 heterocycles. The Balaban J connectivity index is 1.71. The number of esters is 1. The first-order valence-corrected chi connectivity index (χ1v) is 9.68. The summed E-state index contributed by atoms with van der Waals surface area (Å²) in [6.45, 7) is -0.217. The van der Waals surface area contributed by atoms with Crippen LogP contribution >= 0.6 is 11.8 Å². The van der Waals surface area contributed by atoms with Gasteiger partial charge in [-0.15, -0.1) is 11.8 Å². The van der Waals surface area contributed by atoms with E-state index in [0.29, 0.717) is 0 Å². The van der Waals surface area contributed by atoms with Gasteiger partial charge in [-0.05, 0) is 42.9 Å². The molecular weight excluding hydrogens is 322 g/mol. The van der Waals surface area contributed by atoms with E-state index >= 15 is 0 Å². The van der Waals surface area contributed by atoms with Gasteiger partial charge < -0.3 is 10.1 Å². The first kappa shape index (κ1) is 18.6. The van der Waals surface area contributed by atoms with Gasteiger partial charge in [0.1, 0.15) is 0 Å². The quantitative estimate of drug-likeness (QED) is 0.368. The van der Waals surface area contributed by atoms with Gasteiger partial charge in [-0.1, -0.05) is 37.8 Å². The Morgan fingerprint density at radius 2 is 1.83 bits per heavy atom. The van der Waals surface area contributed by atoms with Crippen molar-refractivity contribution in [3.05, 3.63) is 35.9 Å². The highest BCUT2D eigenvalue weighted by Crippen LogP contribution is 2.17. The molecule has 1 saturated carbocycles. The lowest BCUT2D eigenvalue weighted by molar-refractivity contribution is -0.144. The topological polar surface area (TPSA) is 55.4 Å². The van der Waals surface area contributed by atoms with Crippen molar-refractivity contribution >= 4 is 29.7 Å². The Morgan fingerprint density at radius 3 is 2.46 bits per heavy atom. The van der Waals surface area contributed by atoms with Crippen molar-refractivity contribution in [3.63, 3.8) is 0 Å². The van der Waals surface area contributed by atoms with Gasteiger partial charge in [-0.25, -0.2) is 4.79 Å². The number of amides is 1. The minimum Gasteiger partial charge on any atom is -0.452 e. The molecule has 24 heavy (non-hydrogen) atoms. The lowest BCUT2D eigenvalue weighted by Gasteiger charge is -2.15. The van der Waals surface area contributed by atoms with Crippen molar-refractivity contribution in [2.45, 2.75) is 49.5 Å². The molecule has 0 aromatic heterocycles. The fourth-order valence-electron chi connectivity index (χ4n) is 2.76. The van der Waals surface area contributed by atoms with E-state index in [-0.39, 0.29) is 18.6 Å². The number of rotatable bonds is 6. The monoisotopic (exact) mass is 347 g/mol. The predicted molar refractivity (Wildman–Crippen MR) is 97.8 cm³/mol. The molecule has 2 rings (SSSR count). The van der Waals surface area contributed by atoms with Gasteiger partial charge in [0.25, 0.3) is 5.91 Å². The third kappa shape index (κ3) is 6.79. The largest absolute Gasteiger partial charge is 0.452 e. The van der Waals surface area contributed by atoms with Crippen molar-refractivity contribution in [1.82, 2.24) is 5.32 Å². The van der Waals surface area contributed by atoms with Gasteiger partial charge in [0.05, 0.1) is 0 Å². The number of hydrogen-bond donors (Lipinski definition) is 1. The highest BCUT2D eigenvalue weighted by molar-refractivity contribution is 7.98. The maximum atomic E-state index is 11.9. The van der Waals surface area contributed by atoms with Crippen LogP contribution in [0, 0.1) is 0 Å². The Labute approximate surface area is 148 Å². The lowest BCUT2D eigenvalue weighted by atomic mass is 10.1. The number of nitrogens with one attached hydrogen (secondary N) is 1. The second-order valence-corrected chi connectivity index (χ2v) is 6.85. The SMILES string of the molecule is CSc1ccc(/C=C/C(=O)OCC(=O)NC2CCCCCC2)cc1. The van der Waals surface area contributed by atoms with Crippen molar-refractivity contribution in [1.29, 1.82) is 0 Å². The minimum atomic E-state index is -0.500. The molecule has 0 atom stereocenters. The van der Waals surface area contributed by atoms with E-state index in [9.17, 15) is 9.59 Å². The first-order chi connectivity index (χ1) is 11.7. The molecule has 5 heteroatoms. The molecule has 0 aliphatic heterocycles. The van der Waals surface area contributed by atoms with Crippen LogP contribution in [-0.4, -0.2) is 30.8 Å². The molecule has 1 aromatic carbocycles. The summed E-state index contributed by atoms with van der Waals surface area (Å²) < 4.78 is 5.00. The third-order valence-corrected chi connectivity index (χ3v) is 4.84. The summed E-state index contributed by atoms with van der Waals surface area (Å²) in [5, 5.41) is 2.96. The summed E-state index contributed by atoms with van der Waals surface area (Å²) in [7, 11) is 0. The summed E-state index contributed by atoms with van der Waals surface area (Å²) in [5.74, 6) is -0.715. The summed E-state index contributed by atoms with van der Waals surface area (Å²) in [4.78, 5) is 24.7. The molecule has 0 bridgehead atoms. The van der Waals surface area contributed by atoms with Gasteiger partial charge in [0, 0.05) is 17.0 Å². The van der Waals surface area contributed by atoms with Crippen LogP contribution in [0.3, 0.4) is 0 Å². The zero-order chi connectivity index (χ0) is 17.2.